The molecule has 2 rings (SSSR count). The zero-order chi connectivity index (χ0) is 12.4. The lowest BCUT2D eigenvalue weighted by Crippen LogP contribution is -2.06. The van der Waals surface area contributed by atoms with E-state index in [1.807, 2.05) is 31.2 Å². The molecule has 0 aliphatic rings. The number of hydrogen-bond acceptors (Lipinski definition) is 3. The molecular weight excluding hydrogens is 282 g/mol. The molecule has 0 saturated carbocycles. The van der Waals surface area contributed by atoms with Gasteiger partial charge in [-0.25, -0.2) is 4.68 Å². The van der Waals surface area contributed by atoms with Gasteiger partial charge in [0.15, 0.2) is 0 Å². The second kappa shape index (κ2) is 4.79. The first kappa shape index (κ1) is 12.0. The molecule has 90 valence electrons. The van der Waals surface area contributed by atoms with Crippen LogP contribution in [0.3, 0.4) is 0 Å². The number of aryl methyl sites for hydroxylation is 1. The van der Waals surface area contributed by atoms with Crippen LogP contribution in [0, 0.1) is 6.92 Å². The summed E-state index contributed by atoms with van der Waals surface area (Å²) in [5.41, 5.74) is 7.94. The summed E-state index contributed by atoms with van der Waals surface area (Å²) in [4.78, 5) is 0. The maximum absolute atomic E-state index is 5.94. The fourth-order valence-electron chi connectivity index (χ4n) is 1.64. The first-order valence-electron chi connectivity index (χ1n) is 5.23. The van der Waals surface area contributed by atoms with Gasteiger partial charge in [-0.1, -0.05) is 12.1 Å². The highest BCUT2D eigenvalue weighted by Crippen LogP contribution is 2.24. The van der Waals surface area contributed by atoms with Crippen LogP contribution in [0.4, 0.5) is 5.82 Å². The minimum absolute atomic E-state index is 0.634. The van der Waals surface area contributed by atoms with Gasteiger partial charge >= 0.3 is 0 Å². The number of anilines is 1. The standard InChI is InChI=1S/C12H14BrN3O/c1-8-11(13)12(14)16(15-8)7-9-4-3-5-10(6-9)17-2/h3-6H,7,14H2,1-2H3. The molecule has 2 aromatic rings. The largest absolute Gasteiger partial charge is 0.497 e. The first-order valence-corrected chi connectivity index (χ1v) is 6.02. The molecule has 0 unspecified atom stereocenters. The van der Waals surface area contributed by atoms with Crippen LogP contribution in [0.1, 0.15) is 11.3 Å². The van der Waals surface area contributed by atoms with Crippen molar-refractivity contribution in [3.8, 4) is 5.75 Å². The molecule has 0 atom stereocenters. The van der Waals surface area contributed by atoms with E-state index in [-0.39, 0.29) is 0 Å². The van der Waals surface area contributed by atoms with Crippen molar-refractivity contribution in [2.24, 2.45) is 0 Å². The molecule has 2 N–H and O–H groups in total. The van der Waals surface area contributed by atoms with Crippen LogP contribution >= 0.6 is 15.9 Å². The Hall–Kier alpha value is -1.49. The number of methoxy groups -OCH3 is 1. The van der Waals surface area contributed by atoms with Crippen LogP contribution in [0.2, 0.25) is 0 Å². The minimum Gasteiger partial charge on any atom is -0.497 e. The fourth-order valence-corrected chi connectivity index (χ4v) is 1.93. The second-order valence-corrected chi connectivity index (χ2v) is 4.59. The van der Waals surface area contributed by atoms with Crippen molar-refractivity contribution in [1.29, 1.82) is 0 Å². The van der Waals surface area contributed by atoms with E-state index >= 15 is 0 Å². The van der Waals surface area contributed by atoms with E-state index in [0.717, 1.165) is 21.5 Å². The van der Waals surface area contributed by atoms with Crippen LogP contribution in [-0.4, -0.2) is 16.9 Å². The van der Waals surface area contributed by atoms with Gasteiger partial charge in [-0.2, -0.15) is 5.10 Å². The van der Waals surface area contributed by atoms with Gasteiger partial charge in [0.1, 0.15) is 11.6 Å². The Morgan fingerprint density at radius 2 is 2.24 bits per heavy atom. The molecule has 0 aliphatic carbocycles. The Balaban J connectivity index is 2.28. The van der Waals surface area contributed by atoms with E-state index in [0.29, 0.717) is 12.4 Å². The number of benzene rings is 1. The van der Waals surface area contributed by atoms with Crippen LogP contribution < -0.4 is 10.5 Å². The fraction of sp³-hybridized carbons (Fsp3) is 0.250. The molecule has 4 nitrogen and oxygen atoms in total. The van der Waals surface area contributed by atoms with E-state index in [2.05, 4.69) is 21.0 Å². The van der Waals surface area contributed by atoms with Crippen molar-refractivity contribution >= 4 is 21.7 Å². The molecule has 5 heteroatoms. The third kappa shape index (κ3) is 2.44. The van der Waals surface area contributed by atoms with Gasteiger partial charge in [0.2, 0.25) is 0 Å². The highest BCUT2D eigenvalue weighted by atomic mass is 79.9. The van der Waals surface area contributed by atoms with Crippen molar-refractivity contribution in [3.05, 3.63) is 40.0 Å². The molecule has 0 bridgehead atoms. The number of rotatable bonds is 3. The molecular formula is C12H14BrN3O. The number of nitrogens with zero attached hydrogens (tertiary/aromatic N) is 2. The summed E-state index contributed by atoms with van der Waals surface area (Å²) >= 11 is 3.41. The lowest BCUT2D eigenvalue weighted by molar-refractivity contribution is 0.414. The number of nitrogens with two attached hydrogens (primary N) is 1. The molecule has 0 spiro atoms. The van der Waals surface area contributed by atoms with Crippen molar-refractivity contribution < 1.29 is 4.74 Å². The summed E-state index contributed by atoms with van der Waals surface area (Å²) in [7, 11) is 1.65. The molecule has 0 radical (unpaired) electrons. The third-order valence-electron chi connectivity index (χ3n) is 2.56. The maximum Gasteiger partial charge on any atom is 0.136 e. The molecule has 0 aliphatic heterocycles. The predicted molar refractivity (Wildman–Crippen MR) is 71.2 cm³/mol. The average Bonchev–Trinajstić information content (AvgIpc) is 2.57. The van der Waals surface area contributed by atoms with Crippen LogP contribution in [0.25, 0.3) is 0 Å². The van der Waals surface area contributed by atoms with E-state index in [4.69, 9.17) is 10.5 Å². The van der Waals surface area contributed by atoms with E-state index in [1.165, 1.54) is 0 Å². The molecule has 17 heavy (non-hydrogen) atoms. The Labute approximate surface area is 109 Å². The van der Waals surface area contributed by atoms with Crippen molar-refractivity contribution in [3.63, 3.8) is 0 Å². The first-order chi connectivity index (χ1) is 8.11. The zero-order valence-electron chi connectivity index (χ0n) is 9.77. The Kier molecular flexibility index (Phi) is 3.38. The molecule has 0 fully saturated rings. The topological polar surface area (TPSA) is 53.1 Å². The number of halogens is 1. The molecule has 1 aromatic carbocycles. The summed E-state index contributed by atoms with van der Waals surface area (Å²) in [6, 6.07) is 7.87. The summed E-state index contributed by atoms with van der Waals surface area (Å²) in [6.45, 7) is 2.55. The van der Waals surface area contributed by atoms with Crippen molar-refractivity contribution in [2.45, 2.75) is 13.5 Å². The summed E-state index contributed by atoms with van der Waals surface area (Å²) in [6.07, 6.45) is 0. The Morgan fingerprint density at radius 3 is 2.82 bits per heavy atom. The number of hydrogen-bond donors (Lipinski definition) is 1. The number of aromatic nitrogens is 2. The smallest absolute Gasteiger partial charge is 0.136 e. The monoisotopic (exact) mass is 295 g/mol. The summed E-state index contributed by atoms with van der Waals surface area (Å²) < 4.78 is 7.82. The molecule has 1 heterocycles. The number of ether oxygens (including phenoxy) is 1. The lowest BCUT2D eigenvalue weighted by Gasteiger charge is -2.06. The minimum atomic E-state index is 0.634. The van der Waals surface area contributed by atoms with Gasteiger partial charge in [-0.15, -0.1) is 0 Å². The van der Waals surface area contributed by atoms with Crippen LogP contribution in [0.5, 0.6) is 5.75 Å². The van der Waals surface area contributed by atoms with E-state index < -0.39 is 0 Å². The van der Waals surface area contributed by atoms with Gasteiger partial charge < -0.3 is 10.5 Å². The molecule has 0 saturated heterocycles. The highest BCUT2D eigenvalue weighted by Gasteiger charge is 2.09. The quantitative estimate of drug-likeness (QED) is 0.947. The van der Waals surface area contributed by atoms with E-state index in [1.54, 1.807) is 11.8 Å². The second-order valence-electron chi connectivity index (χ2n) is 3.79. The van der Waals surface area contributed by atoms with Gasteiger partial charge in [0.25, 0.3) is 0 Å². The number of nitrogen functional groups attached to an aromatic ring is 1. The van der Waals surface area contributed by atoms with E-state index in [9.17, 15) is 0 Å². The third-order valence-corrected chi connectivity index (χ3v) is 3.54. The van der Waals surface area contributed by atoms with Crippen LogP contribution in [0.15, 0.2) is 28.7 Å². The van der Waals surface area contributed by atoms with Gasteiger partial charge in [0, 0.05) is 0 Å². The average molecular weight is 296 g/mol. The van der Waals surface area contributed by atoms with Crippen LogP contribution in [-0.2, 0) is 6.54 Å². The predicted octanol–water partition coefficient (Wildman–Crippen LogP) is 2.59. The van der Waals surface area contributed by atoms with Gasteiger partial charge in [-0.05, 0) is 40.5 Å². The molecule has 1 aromatic heterocycles. The van der Waals surface area contributed by atoms with Gasteiger partial charge in [0.05, 0.1) is 23.8 Å². The SMILES string of the molecule is COc1cccc(Cn2nc(C)c(Br)c2N)c1. The Morgan fingerprint density at radius 1 is 1.47 bits per heavy atom. The van der Waals surface area contributed by atoms with Crippen molar-refractivity contribution in [1.82, 2.24) is 9.78 Å². The highest BCUT2D eigenvalue weighted by molar-refractivity contribution is 9.10. The Bertz CT molecular complexity index is 537. The van der Waals surface area contributed by atoms with Gasteiger partial charge in [-0.3, -0.25) is 0 Å². The maximum atomic E-state index is 5.94. The normalized spacial score (nSPS) is 10.5. The van der Waals surface area contributed by atoms with Crippen molar-refractivity contribution in [2.75, 3.05) is 12.8 Å². The summed E-state index contributed by atoms with van der Waals surface area (Å²) in [5.74, 6) is 1.48. The lowest BCUT2D eigenvalue weighted by atomic mass is 10.2. The molecule has 0 amide bonds. The summed E-state index contributed by atoms with van der Waals surface area (Å²) in [5, 5.41) is 4.36. The zero-order valence-corrected chi connectivity index (χ0v) is 11.4.